The summed E-state index contributed by atoms with van der Waals surface area (Å²) < 4.78 is 0. The van der Waals surface area contributed by atoms with Crippen molar-refractivity contribution in [2.24, 2.45) is 5.73 Å². The van der Waals surface area contributed by atoms with Gasteiger partial charge in [-0.2, -0.15) is 0 Å². The van der Waals surface area contributed by atoms with Crippen LogP contribution < -0.4 is 5.73 Å². The minimum atomic E-state index is -0.389. The Hall–Kier alpha value is -1.92. The van der Waals surface area contributed by atoms with Crippen LogP contribution in [0.5, 0.6) is 0 Å². The van der Waals surface area contributed by atoms with Gasteiger partial charge in [0.15, 0.2) is 0 Å². The Balaban J connectivity index is 1.53. The first kappa shape index (κ1) is 18.9. The molecule has 0 bridgehead atoms. The third-order valence-corrected chi connectivity index (χ3v) is 5.47. The second-order valence-electron chi connectivity index (χ2n) is 7.32. The van der Waals surface area contributed by atoms with Crippen molar-refractivity contribution in [3.63, 3.8) is 0 Å². The summed E-state index contributed by atoms with van der Waals surface area (Å²) in [7, 11) is 0. The van der Waals surface area contributed by atoms with Gasteiger partial charge in [-0.25, -0.2) is 0 Å². The molecule has 2 fully saturated rings. The summed E-state index contributed by atoms with van der Waals surface area (Å²) in [4.78, 5) is 30.9. The summed E-state index contributed by atoms with van der Waals surface area (Å²) in [6.45, 7) is 5.35. The Morgan fingerprint density at radius 1 is 0.885 bits per heavy atom. The smallest absolute Gasteiger partial charge is 0.239 e. The van der Waals surface area contributed by atoms with Crippen molar-refractivity contribution in [3.8, 4) is 0 Å². The number of carbonyl (C=O) groups excluding carboxylic acids is 2. The standard InChI is InChI=1S/C20H30N4O2/c21-20(26)19(17-8-4-3-5-9-17)24-14-12-22(13-15-24)16-18(25)23-10-6-1-2-7-11-23/h3-5,8-9,19H,1-2,6-7,10-16H2,(H2,21,26). The van der Waals surface area contributed by atoms with Crippen LogP contribution in [0.2, 0.25) is 0 Å². The average Bonchev–Trinajstić information content (AvgIpc) is 2.93. The molecule has 2 heterocycles. The number of hydrogen-bond acceptors (Lipinski definition) is 4. The van der Waals surface area contributed by atoms with Gasteiger partial charge in [0.25, 0.3) is 0 Å². The van der Waals surface area contributed by atoms with Gasteiger partial charge in [0.1, 0.15) is 6.04 Å². The normalized spacial score (nSPS) is 21.2. The molecule has 3 rings (SSSR count). The third kappa shape index (κ3) is 4.83. The first-order valence-electron chi connectivity index (χ1n) is 9.73. The van der Waals surface area contributed by atoms with Gasteiger partial charge in [-0.15, -0.1) is 0 Å². The fourth-order valence-electron chi connectivity index (χ4n) is 3.98. The summed E-state index contributed by atoms with van der Waals surface area (Å²) in [5.41, 5.74) is 6.61. The second-order valence-corrected chi connectivity index (χ2v) is 7.32. The molecule has 2 N–H and O–H groups in total. The van der Waals surface area contributed by atoms with Crippen LogP contribution in [0.15, 0.2) is 30.3 Å². The average molecular weight is 358 g/mol. The van der Waals surface area contributed by atoms with Gasteiger partial charge in [-0.3, -0.25) is 19.4 Å². The van der Waals surface area contributed by atoms with Crippen molar-refractivity contribution in [2.45, 2.75) is 31.7 Å². The largest absolute Gasteiger partial charge is 0.368 e. The molecular formula is C20H30N4O2. The Bertz CT molecular complexity index is 591. The lowest BCUT2D eigenvalue weighted by molar-refractivity contribution is -0.133. The van der Waals surface area contributed by atoms with Gasteiger partial charge in [-0.05, 0) is 18.4 Å². The number of carbonyl (C=O) groups is 2. The maximum Gasteiger partial charge on any atom is 0.239 e. The Kier molecular flexibility index (Phi) is 6.63. The van der Waals surface area contributed by atoms with Crippen molar-refractivity contribution in [2.75, 3.05) is 45.8 Å². The molecular weight excluding hydrogens is 328 g/mol. The zero-order valence-electron chi connectivity index (χ0n) is 15.5. The van der Waals surface area contributed by atoms with Crippen molar-refractivity contribution in [1.82, 2.24) is 14.7 Å². The highest BCUT2D eigenvalue weighted by molar-refractivity contribution is 5.81. The monoisotopic (exact) mass is 358 g/mol. The molecule has 2 amide bonds. The van der Waals surface area contributed by atoms with Crippen LogP contribution >= 0.6 is 0 Å². The maximum atomic E-state index is 12.6. The number of rotatable bonds is 5. The molecule has 26 heavy (non-hydrogen) atoms. The molecule has 1 unspecified atom stereocenters. The lowest BCUT2D eigenvalue weighted by Gasteiger charge is -2.38. The van der Waals surface area contributed by atoms with E-state index in [0.717, 1.165) is 57.7 Å². The molecule has 142 valence electrons. The van der Waals surface area contributed by atoms with Crippen LogP contribution in [0.25, 0.3) is 0 Å². The van der Waals surface area contributed by atoms with Gasteiger partial charge in [0.2, 0.25) is 11.8 Å². The zero-order chi connectivity index (χ0) is 18.4. The number of benzene rings is 1. The number of hydrogen-bond donors (Lipinski definition) is 1. The molecule has 1 aromatic rings. The fraction of sp³-hybridized carbons (Fsp3) is 0.600. The van der Waals surface area contributed by atoms with E-state index in [2.05, 4.69) is 9.80 Å². The minimum Gasteiger partial charge on any atom is -0.368 e. The highest BCUT2D eigenvalue weighted by Gasteiger charge is 2.30. The summed E-state index contributed by atoms with van der Waals surface area (Å²) >= 11 is 0. The maximum absolute atomic E-state index is 12.6. The molecule has 2 saturated heterocycles. The van der Waals surface area contributed by atoms with Gasteiger partial charge < -0.3 is 10.6 Å². The molecule has 0 radical (unpaired) electrons. The number of amides is 2. The van der Waals surface area contributed by atoms with Gasteiger partial charge >= 0.3 is 0 Å². The Morgan fingerprint density at radius 2 is 1.50 bits per heavy atom. The first-order chi connectivity index (χ1) is 12.6. The quantitative estimate of drug-likeness (QED) is 0.860. The van der Waals surface area contributed by atoms with E-state index in [1.807, 2.05) is 35.2 Å². The Morgan fingerprint density at radius 3 is 2.08 bits per heavy atom. The number of likely N-dealkylation sites (tertiary alicyclic amines) is 1. The molecule has 2 aliphatic rings. The zero-order valence-corrected chi connectivity index (χ0v) is 15.5. The molecule has 1 atom stereocenters. The van der Waals surface area contributed by atoms with E-state index in [4.69, 9.17) is 5.73 Å². The number of primary amides is 1. The predicted molar refractivity (Wildman–Crippen MR) is 101 cm³/mol. The van der Waals surface area contributed by atoms with Crippen LogP contribution in [0.1, 0.15) is 37.3 Å². The van der Waals surface area contributed by atoms with Crippen LogP contribution in [-0.2, 0) is 9.59 Å². The summed E-state index contributed by atoms with van der Waals surface area (Å²) in [5, 5.41) is 0. The first-order valence-corrected chi connectivity index (χ1v) is 9.73. The molecule has 6 heteroatoms. The van der Waals surface area contributed by atoms with Crippen molar-refractivity contribution < 1.29 is 9.59 Å². The van der Waals surface area contributed by atoms with Crippen LogP contribution in [-0.4, -0.2) is 72.3 Å². The summed E-state index contributed by atoms with van der Waals surface area (Å²) in [6.07, 6.45) is 4.71. The van der Waals surface area contributed by atoms with Crippen LogP contribution in [0, 0.1) is 0 Å². The van der Waals surface area contributed by atoms with Crippen molar-refractivity contribution >= 4 is 11.8 Å². The van der Waals surface area contributed by atoms with E-state index in [9.17, 15) is 9.59 Å². The van der Waals surface area contributed by atoms with Crippen LogP contribution in [0.4, 0.5) is 0 Å². The van der Waals surface area contributed by atoms with E-state index in [-0.39, 0.29) is 17.9 Å². The molecule has 0 saturated carbocycles. The number of piperazine rings is 1. The van der Waals surface area contributed by atoms with E-state index >= 15 is 0 Å². The summed E-state index contributed by atoms with van der Waals surface area (Å²) in [5.74, 6) is -0.0693. The van der Waals surface area contributed by atoms with E-state index in [1.165, 1.54) is 12.8 Å². The van der Waals surface area contributed by atoms with E-state index in [0.29, 0.717) is 6.54 Å². The fourth-order valence-corrected chi connectivity index (χ4v) is 3.98. The van der Waals surface area contributed by atoms with Gasteiger partial charge in [-0.1, -0.05) is 43.2 Å². The summed E-state index contributed by atoms with van der Waals surface area (Å²) in [6, 6.07) is 9.31. The minimum absolute atomic E-state index is 0.245. The number of nitrogens with zero attached hydrogens (tertiary/aromatic N) is 3. The topological polar surface area (TPSA) is 69.9 Å². The van der Waals surface area contributed by atoms with Crippen molar-refractivity contribution in [3.05, 3.63) is 35.9 Å². The van der Waals surface area contributed by atoms with Crippen molar-refractivity contribution in [1.29, 1.82) is 0 Å². The molecule has 2 aliphatic heterocycles. The SMILES string of the molecule is NC(=O)C(c1ccccc1)N1CCN(CC(=O)N2CCCCCC2)CC1. The molecule has 1 aromatic carbocycles. The Labute approximate surface area is 155 Å². The molecule has 0 spiro atoms. The number of nitrogens with two attached hydrogens (primary N) is 1. The van der Waals surface area contributed by atoms with Gasteiger partial charge in [0.05, 0.1) is 6.54 Å². The van der Waals surface area contributed by atoms with E-state index in [1.54, 1.807) is 0 Å². The van der Waals surface area contributed by atoms with Crippen LogP contribution in [0.3, 0.4) is 0 Å². The lowest BCUT2D eigenvalue weighted by Crippen LogP contribution is -2.52. The molecule has 6 nitrogen and oxygen atoms in total. The third-order valence-electron chi connectivity index (χ3n) is 5.47. The molecule has 0 aliphatic carbocycles. The van der Waals surface area contributed by atoms with Gasteiger partial charge in [0, 0.05) is 39.3 Å². The lowest BCUT2D eigenvalue weighted by atomic mass is 10.0. The molecule has 0 aromatic heterocycles. The highest BCUT2D eigenvalue weighted by Crippen LogP contribution is 2.22. The predicted octanol–water partition coefficient (Wildman–Crippen LogP) is 1.23. The highest BCUT2D eigenvalue weighted by atomic mass is 16.2. The second kappa shape index (κ2) is 9.14. The van der Waals surface area contributed by atoms with E-state index < -0.39 is 0 Å².